The van der Waals surface area contributed by atoms with Crippen LogP contribution in [-0.4, -0.2) is 11.2 Å². The van der Waals surface area contributed by atoms with E-state index in [4.69, 9.17) is 5.73 Å². The smallest absolute Gasteiger partial charge is 0.391 e. The van der Waals surface area contributed by atoms with Gasteiger partial charge in [-0.15, -0.1) is 12.4 Å². The van der Waals surface area contributed by atoms with Gasteiger partial charge in [-0.1, -0.05) is 19.9 Å². The zero-order chi connectivity index (χ0) is 14.1. The molecule has 0 saturated carbocycles. The number of nitrogens with two attached hydrogens (primary N) is 1. The van der Waals surface area contributed by atoms with Crippen LogP contribution in [0.25, 0.3) is 0 Å². The van der Waals surface area contributed by atoms with Crippen molar-refractivity contribution in [3.05, 3.63) is 35.1 Å². The van der Waals surface area contributed by atoms with E-state index in [9.17, 15) is 22.7 Å². The number of hydrogen-bond acceptors (Lipinski definition) is 2. The molecular formula is C12H16ClF4NO. The highest BCUT2D eigenvalue weighted by molar-refractivity contribution is 5.85. The summed E-state index contributed by atoms with van der Waals surface area (Å²) < 4.78 is 51.8. The third kappa shape index (κ3) is 4.06. The van der Waals surface area contributed by atoms with E-state index in [0.717, 1.165) is 18.2 Å². The van der Waals surface area contributed by atoms with Gasteiger partial charge >= 0.3 is 6.18 Å². The van der Waals surface area contributed by atoms with Crippen molar-refractivity contribution >= 4 is 12.4 Å². The van der Waals surface area contributed by atoms with Gasteiger partial charge in [0.2, 0.25) is 0 Å². The number of aliphatic hydroxyl groups is 1. The van der Waals surface area contributed by atoms with Crippen molar-refractivity contribution in [2.45, 2.75) is 32.2 Å². The molecule has 0 spiro atoms. The maximum absolute atomic E-state index is 13.6. The highest BCUT2D eigenvalue weighted by Gasteiger charge is 2.37. The summed E-state index contributed by atoms with van der Waals surface area (Å²) in [5.74, 6) is -1.43. The molecule has 3 N–H and O–H groups in total. The Hall–Kier alpha value is -0.850. The van der Waals surface area contributed by atoms with Gasteiger partial charge in [-0.3, -0.25) is 0 Å². The van der Waals surface area contributed by atoms with Crippen LogP contribution in [0.3, 0.4) is 0 Å². The predicted molar refractivity (Wildman–Crippen MR) is 66.4 cm³/mol. The average molecular weight is 302 g/mol. The van der Waals surface area contributed by atoms with E-state index in [1.54, 1.807) is 13.8 Å². The molecule has 0 radical (unpaired) electrons. The quantitative estimate of drug-likeness (QED) is 0.842. The summed E-state index contributed by atoms with van der Waals surface area (Å²) >= 11 is 0. The van der Waals surface area contributed by atoms with E-state index >= 15 is 0 Å². The predicted octanol–water partition coefficient (Wildman–Crippen LogP) is 3.28. The van der Waals surface area contributed by atoms with Crippen LogP contribution in [0.2, 0.25) is 0 Å². The van der Waals surface area contributed by atoms with Crippen LogP contribution in [0.1, 0.15) is 31.0 Å². The lowest BCUT2D eigenvalue weighted by atomic mass is 9.91. The summed E-state index contributed by atoms with van der Waals surface area (Å²) in [6, 6.07) is 1.21. The van der Waals surface area contributed by atoms with Crippen LogP contribution in [0.5, 0.6) is 0 Å². The van der Waals surface area contributed by atoms with Gasteiger partial charge in [-0.2, -0.15) is 13.2 Å². The summed E-state index contributed by atoms with van der Waals surface area (Å²) in [6.45, 7) is 3.19. The molecule has 19 heavy (non-hydrogen) atoms. The van der Waals surface area contributed by atoms with Crippen LogP contribution in [0, 0.1) is 11.7 Å². The molecule has 0 amide bonds. The van der Waals surface area contributed by atoms with Crippen molar-refractivity contribution in [1.82, 2.24) is 0 Å². The monoisotopic (exact) mass is 301 g/mol. The van der Waals surface area contributed by atoms with Crippen molar-refractivity contribution in [3.8, 4) is 0 Å². The summed E-state index contributed by atoms with van der Waals surface area (Å²) in [5, 5.41) is 9.70. The second-order valence-electron chi connectivity index (χ2n) is 4.46. The second-order valence-corrected chi connectivity index (χ2v) is 4.46. The Labute approximate surface area is 115 Å². The highest BCUT2D eigenvalue weighted by atomic mass is 35.5. The molecule has 0 heterocycles. The van der Waals surface area contributed by atoms with E-state index in [1.165, 1.54) is 0 Å². The molecule has 0 aliphatic carbocycles. The van der Waals surface area contributed by atoms with Crippen LogP contribution >= 0.6 is 12.4 Å². The molecule has 0 bridgehead atoms. The summed E-state index contributed by atoms with van der Waals surface area (Å²) in [6.07, 6.45) is -5.95. The molecular weight excluding hydrogens is 286 g/mol. The number of rotatable bonds is 3. The lowest BCUT2D eigenvalue weighted by molar-refractivity contribution is -0.139. The molecule has 0 fully saturated rings. The lowest BCUT2D eigenvalue weighted by Crippen LogP contribution is -2.33. The molecule has 0 unspecified atom stereocenters. The first-order chi connectivity index (χ1) is 8.16. The minimum Gasteiger partial charge on any atom is -0.391 e. The molecule has 110 valence electrons. The van der Waals surface area contributed by atoms with E-state index in [1.807, 2.05) is 0 Å². The van der Waals surface area contributed by atoms with Crippen LogP contribution in [-0.2, 0) is 6.18 Å². The van der Waals surface area contributed by atoms with Gasteiger partial charge in [0.15, 0.2) is 0 Å². The Balaban J connectivity index is 0.00000324. The van der Waals surface area contributed by atoms with Crippen LogP contribution in [0.4, 0.5) is 17.6 Å². The zero-order valence-electron chi connectivity index (χ0n) is 10.4. The van der Waals surface area contributed by atoms with Crippen molar-refractivity contribution in [2.75, 3.05) is 0 Å². The third-order valence-corrected chi connectivity index (χ3v) is 2.74. The van der Waals surface area contributed by atoms with E-state index in [-0.39, 0.29) is 18.3 Å². The Morgan fingerprint density at radius 1 is 1.21 bits per heavy atom. The molecule has 7 heteroatoms. The van der Waals surface area contributed by atoms with Crippen molar-refractivity contribution in [1.29, 1.82) is 0 Å². The molecule has 2 atom stereocenters. The number of hydrogen-bond donors (Lipinski definition) is 2. The normalized spacial score (nSPS) is 15.0. The maximum atomic E-state index is 13.6. The maximum Gasteiger partial charge on any atom is 0.416 e. The fraction of sp³-hybridized carbons (Fsp3) is 0.500. The summed E-state index contributed by atoms with van der Waals surface area (Å²) in [7, 11) is 0. The van der Waals surface area contributed by atoms with Crippen molar-refractivity contribution in [3.63, 3.8) is 0 Å². The number of halogens is 5. The topological polar surface area (TPSA) is 46.2 Å². The van der Waals surface area contributed by atoms with Crippen LogP contribution in [0.15, 0.2) is 18.2 Å². The third-order valence-electron chi connectivity index (χ3n) is 2.74. The van der Waals surface area contributed by atoms with E-state index < -0.39 is 35.3 Å². The van der Waals surface area contributed by atoms with E-state index in [2.05, 4.69) is 0 Å². The van der Waals surface area contributed by atoms with Gasteiger partial charge in [-0.25, -0.2) is 4.39 Å². The second kappa shape index (κ2) is 6.54. The van der Waals surface area contributed by atoms with Gasteiger partial charge in [0, 0.05) is 5.56 Å². The molecule has 0 aliphatic rings. The van der Waals surface area contributed by atoms with E-state index in [0.29, 0.717) is 0 Å². The molecule has 0 aliphatic heterocycles. The number of aliphatic hydroxyl groups excluding tert-OH is 1. The van der Waals surface area contributed by atoms with Crippen LogP contribution < -0.4 is 5.73 Å². The molecule has 2 nitrogen and oxygen atoms in total. The fourth-order valence-corrected chi connectivity index (χ4v) is 1.71. The van der Waals surface area contributed by atoms with Gasteiger partial charge in [0.25, 0.3) is 0 Å². The lowest BCUT2D eigenvalue weighted by Gasteiger charge is -2.25. The first kappa shape index (κ1) is 18.1. The highest BCUT2D eigenvalue weighted by Crippen LogP contribution is 2.36. The van der Waals surface area contributed by atoms with Crippen molar-refractivity contribution < 1.29 is 22.7 Å². The minimum atomic E-state index is -4.70. The molecule has 1 aromatic carbocycles. The molecule has 0 aromatic heterocycles. The molecule has 1 rings (SSSR count). The van der Waals surface area contributed by atoms with Gasteiger partial charge in [0.05, 0.1) is 17.7 Å². The SMILES string of the molecule is CC(C)[C@H](O)[C@H](N)c1c(F)cccc1C(F)(F)F.Cl. The molecule has 0 saturated heterocycles. The largest absolute Gasteiger partial charge is 0.416 e. The first-order valence-corrected chi connectivity index (χ1v) is 5.45. The van der Waals surface area contributed by atoms with Gasteiger partial charge in [0.1, 0.15) is 5.82 Å². The zero-order valence-corrected chi connectivity index (χ0v) is 11.2. The Bertz CT molecular complexity index is 423. The number of benzene rings is 1. The fourth-order valence-electron chi connectivity index (χ4n) is 1.71. The minimum absolute atomic E-state index is 0. The standard InChI is InChI=1S/C12H15F4NO.ClH/c1-6(2)11(18)10(17)9-7(12(14,15)16)4-3-5-8(9)13;/h3-6,10-11,18H,17H2,1-2H3;1H/t10-,11+;/m1./s1. The van der Waals surface area contributed by atoms with Gasteiger partial charge < -0.3 is 10.8 Å². The van der Waals surface area contributed by atoms with Gasteiger partial charge in [-0.05, 0) is 18.1 Å². The molecule has 1 aromatic rings. The first-order valence-electron chi connectivity index (χ1n) is 5.45. The average Bonchev–Trinajstić information content (AvgIpc) is 2.25. The summed E-state index contributed by atoms with van der Waals surface area (Å²) in [5.41, 5.74) is 3.72. The Morgan fingerprint density at radius 3 is 2.16 bits per heavy atom. The number of alkyl halides is 3. The Kier molecular flexibility index (Phi) is 6.25. The Morgan fingerprint density at radius 2 is 1.74 bits per heavy atom. The van der Waals surface area contributed by atoms with Crippen molar-refractivity contribution in [2.24, 2.45) is 11.7 Å². The summed E-state index contributed by atoms with van der Waals surface area (Å²) in [4.78, 5) is 0.